The van der Waals surface area contributed by atoms with Crippen LogP contribution in [-0.2, 0) is 0 Å². The molecular formula is C12H15N3S. The molecule has 0 atom stereocenters. The van der Waals surface area contributed by atoms with E-state index in [0.29, 0.717) is 11.1 Å². The Labute approximate surface area is 99.7 Å². The zero-order valence-corrected chi connectivity index (χ0v) is 10.2. The molecule has 1 aromatic heterocycles. The summed E-state index contributed by atoms with van der Waals surface area (Å²) in [6.45, 7) is 4.29. The monoisotopic (exact) mass is 233 g/mol. The molecule has 0 aliphatic heterocycles. The minimum atomic E-state index is 0.510. The van der Waals surface area contributed by atoms with Gasteiger partial charge in [0.05, 0.1) is 16.8 Å². The van der Waals surface area contributed by atoms with Crippen LogP contribution in [0.15, 0.2) is 41.4 Å². The van der Waals surface area contributed by atoms with E-state index in [9.17, 15) is 0 Å². The molecule has 2 N–H and O–H groups in total. The van der Waals surface area contributed by atoms with Crippen LogP contribution in [0.3, 0.4) is 0 Å². The molecule has 0 bridgehead atoms. The van der Waals surface area contributed by atoms with Crippen molar-refractivity contribution >= 4 is 17.6 Å². The normalized spacial score (nSPS) is 10.9. The highest BCUT2D eigenvalue weighted by Gasteiger charge is 2.10. The number of hydrogen-bond acceptors (Lipinski definition) is 3. The molecule has 3 nitrogen and oxygen atoms in total. The number of rotatable bonds is 3. The molecule has 0 radical (unpaired) electrons. The minimum absolute atomic E-state index is 0.510. The lowest BCUT2D eigenvalue weighted by molar-refractivity contribution is 0.891. The Morgan fingerprint density at radius 3 is 2.56 bits per heavy atom. The summed E-state index contributed by atoms with van der Waals surface area (Å²) >= 11 is 1.73. The van der Waals surface area contributed by atoms with Crippen LogP contribution in [0, 0.1) is 0 Å². The quantitative estimate of drug-likeness (QED) is 0.829. The second-order valence-electron chi connectivity index (χ2n) is 3.81. The fraction of sp³-hybridized carbons (Fsp3) is 0.250. The first-order chi connectivity index (χ1) is 7.68. The maximum Gasteiger partial charge on any atom is 0.140 e. The summed E-state index contributed by atoms with van der Waals surface area (Å²) in [7, 11) is 0. The number of thioether (sulfide) groups is 1. The third-order valence-corrected chi connectivity index (χ3v) is 3.17. The lowest BCUT2D eigenvalue weighted by atomic mass is 10.3. The van der Waals surface area contributed by atoms with Gasteiger partial charge in [0.2, 0.25) is 0 Å². The number of hydrogen-bond donors (Lipinski definition) is 1. The lowest BCUT2D eigenvalue weighted by Crippen LogP contribution is -2.02. The first kappa shape index (κ1) is 11.1. The van der Waals surface area contributed by atoms with Crippen molar-refractivity contribution in [1.82, 2.24) is 9.78 Å². The van der Waals surface area contributed by atoms with Crippen molar-refractivity contribution < 1.29 is 0 Å². The van der Waals surface area contributed by atoms with Crippen LogP contribution >= 0.6 is 11.8 Å². The van der Waals surface area contributed by atoms with Gasteiger partial charge in [0.1, 0.15) is 5.82 Å². The molecule has 84 valence electrons. The molecule has 0 unspecified atom stereocenters. The Kier molecular flexibility index (Phi) is 3.19. The van der Waals surface area contributed by atoms with Gasteiger partial charge in [0, 0.05) is 5.25 Å². The van der Waals surface area contributed by atoms with Gasteiger partial charge in [-0.1, -0.05) is 32.0 Å². The molecule has 0 aliphatic carbocycles. The van der Waals surface area contributed by atoms with Crippen molar-refractivity contribution in [1.29, 1.82) is 0 Å². The van der Waals surface area contributed by atoms with E-state index in [0.717, 1.165) is 10.6 Å². The van der Waals surface area contributed by atoms with Gasteiger partial charge in [-0.15, -0.1) is 11.8 Å². The maximum atomic E-state index is 6.06. The smallest absolute Gasteiger partial charge is 0.140 e. The third-order valence-electron chi connectivity index (χ3n) is 2.13. The summed E-state index contributed by atoms with van der Waals surface area (Å²) in [6, 6.07) is 9.92. The van der Waals surface area contributed by atoms with Crippen molar-refractivity contribution in [2.24, 2.45) is 0 Å². The Morgan fingerprint density at radius 2 is 1.94 bits per heavy atom. The van der Waals surface area contributed by atoms with E-state index in [1.54, 1.807) is 16.4 Å². The van der Waals surface area contributed by atoms with Crippen molar-refractivity contribution in [3.05, 3.63) is 36.5 Å². The number of aromatic nitrogens is 2. The zero-order valence-electron chi connectivity index (χ0n) is 9.42. The first-order valence-electron chi connectivity index (χ1n) is 5.24. The average Bonchev–Trinajstić information content (AvgIpc) is 2.61. The van der Waals surface area contributed by atoms with Gasteiger partial charge in [0.15, 0.2) is 0 Å². The summed E-state index contributed by atoms with van der Waals surface area (Å²) in [5, 5.41) is 4.82. The van der Waals surface area contributed by atoms with Gasteiger partial charge >= 0.3 is 0 Å². The summed E-state index contributed by atoms with van der Waals surface area (Å²) in [6.07, 6.45) is 1.83. The van der Waals surface area contributed by atoms with Crippen molar-refractivity contribution in [2.75, 3.05) is 5.73 Å². The van der Waals surface area contributed by atoms with E-state index in [1.165, 1.54) is 0 Å². The van der Waals surface area contributed by atoms with Crippen LogP contribution in [0.1, 0.15) is 13.8 Å². The summed E-state index contributed by atoms with van der Waals surface area (Å²) < 4.78 is 1.77. The highest BCUT2D eigenvalue weighted by Crippen LogP contribution is 2.29. The molecule has 1 aromatic carbocycles. The van der Waals surface area contributed by atoms with Crippen LogP contribution in [0.25, 0.3) is 5.69 Å². The van der Waals surface area contributed by atoms with E-state index in [-0.39, 0.29) is 0 Å². The van der Waals surface area contributed by atoms with Crippen LogP contribution in [-0.4, -0.2) is 15.0 Å². The van der Waals surface area contributed by atoms with Crippen molar-refractivity contribution in [3.63, 3.8) is 0 Å². The molecule has 0 amide bonds. The topological polar surface area (TPSA) is 43.8 Å². The molecule has 0 aliphatic rings. The predicted molar refractivity (Wildman–Crippen MR) is 69.0 cm³/mol. The Hall–Kier alpha value is -1.42. The molecule has 16 heavy (non-hydrogen) atoms. The zero-order chi connectivity index (χ0) is 11.5. The lowest BCUT2D eigenvalue weighted by Gasteiger charge is -2.06. The van der Waals surface area contributed by atoms with Crippen LogP contribution in [0.2, 0.25) is 0 Å². The molecule has 0 saturated carbocycles. The third kappa shape index (κ3) is 2.22. The van der Waals surface area contributed by atoms with Gasteiger partial charge in [-0.2, -0.15) is 5.10 Å². The van der Waals surface area contributed by atoms with Gasteiger partial charge in [-0.3, -0.25) is 0 Å². The number of nitrogens with zero attached hydrogens (tertiary/aromatic N) is 2. The SMILES string of the molecule is CC(C)Sc1cnn(-c2ccccc2)c1N. The average molecular weight is 233 g/mol. The molecule has 4 heteroatoms. The largest absolute Gasteiger partial charge is 0.383 e. The fourth-order valence-electron chi connectivity index (χ4n) is 1.46. The van der Waals surface area contributed by atoms with Crippen molar-refractivity contribution in [3.8, 4) is 5.69 Å². The number of nitrogens with two attached hydrogens (primary N) is 1. The van der Waals surface area contributed by atoms with Gasteiger partial charge in [-0.25, -0.2) is 4.68 Å². The van der Waals surface area contributed by atoms with Gasteiger partial charge in [0.25, 0.3) is 0 Å². The van der Waals surface area contributed by atoms with E-state index in [4.69, 9.17) is 5.73 Å². The van der Waals surface area contributed by atoms with Crippen molar-refractivity contribution in [2.45, 2.75) is 24.0 Å². The summed E-state index contributed by atoms with van der Waals surface area (Å²) in [5.74, 6) is 0.713. The highest BCUT2D eigenvalue weighted by atomic mass is 32.2. The first-order valence-corrected chi connectivity index (χ1v) is 6.12. The molecule has 1 heterocycles. The molecular weight excluding hydrogens is 218 g/mol. The van der Waals surface area contributed by atoms with Crippen LogP contribution < -0.4 is 5.73 Å². The second kappa shape index (κ2) is 4.61. The van der Waals surface area contributed by atoms with Gasteiger partial charge in [-0.05, 0) is 12.1 Å². The Morgan fingerprint density at radius 1 is 1.25 bits per heavy atom. The number of benzene rings is 1. The van der Waals surface area contributed by atoms with E-state index in [2.05, 4.69) is 18.9 Å². The minimum Gasteiger partial charge on any atom is -0.383 e. The molecule has 2 rings (SSSR count). The molecule has 0 spiro atoms. The standard InChI is InChI=1S/C12H15N3S/c1-9(2)16-11-8-14-15(12(11)13)10-6-4-3-5-7-10/h3-9H,13H2,1-2H3. The van der Waals surface area contributed by atoms with E-state index >= 15 is 0 Å². The number of para-hydroxylation sites is 1. The highest BCUT2D eigenvalue weighted by molar-refractivity contribution is 8.00. The summed E-state index contributed by atoms with van der Waals surface area (Å²) in [5.41, 5.74) is 7.06. The summed E-state index contributed by atoms with van der Waals surface area (Å²) in [4.78, 5) is 1.04. The van der Waals surface area contributed by atoms with Gasteiger partial charge < -0.3 is 5.73 Å². The fourth-order valence-corrected chi connectivity index (χ4v) is 2.29. The van der Waals surface area contributed by atoms with E-state index in [1.807, 2.05) is 36.5 Å². The molecule has 0 fully saturated rings. The predicted octanol–water partition coefficient (Wildman–Crippen LogP) is 2.96. The maximum absolute atomic E-state index is 6.06. The van der Waals surface area contributed by atoms with Crippen LogP contribution in [0.5, 0.6) is 0 Å². The number of nitrogen functional groups attached to an aromatic ring is 1. The molecule has 2 aromatic rings. The Balaban J connectivity index is 2.34. The molecule has 0 saturated heterocycles. The second-order valence-corrected chi connectivity index (χ2v) is 5.43. The number of anilines is 1. The van der Waals surface area contributed by atoms with Crippen LogP contribution in [0.4, 0.5) is 5.82 Å². The Bertz CT molecular complexity index is 462. The van der Waals surface area contributed by atoms with E-state index < -0.39 is 0 Å².